The minimum atomic E-state index is -0.812. The third-order valence-electron chi connectivity index (χ3n) is 2.71. The maximum absolute atomic E-state index is 10.3. The van der Waals surface area contributed by atoms with Crippen molar-refractivity contribution in [2.24, 2.45) is 0 Å². The van der Waals surface area contributed by atoms with Gasteiger partial charge in [-0.1, -0.05) is 53.0 Å². The van der Waals surface area contributed by atoms with Crippen LogP contribution in [0.25, 0.3) is 0 Å². The lowest BCUT2D eigenvalue weighted by Crippen LogP contribution is -2.00. The van der Waals surface area contributed by atoms with E-state index in [4.69, 9.17) is 34.8 Å². The van der Waals surface area contributed by atoms with Crippen LogP contribution in [0.1, 0.15) is 22.8 Å². The molecule has 18 heavy (non-hydrogen) atoms. The lowest BCUT2D eigenvalue weighted by Gasteiger charge is -2.14. The summed E-state index contributed by atoms with van der Waals surface area (Å²) in [7, 11) is 0. The Balaban J connectivity index is 2.41. The van der Waals surface area contributed by atoms with E-state index in [1.165, 1.54) is 0 Å². The minimum Gasteiger partial charge on any atom is -0.384 e. The van der Waals surface area contributed by atoms with E-state index in [-0.39, 0.29) is 0 Å². The molecule has 1 atom stereocenters. The highest BCUT2D eigenvalue weighted by Crippen LogP contribution is 2.32. The molecule has 0 saturated heterocycles. The van der Waals surface area contributed by atoms with Gasteiger partial charge in [-0.15, -0.1) is 0 Å². The number of aliphatic hydroxyl groups is 1. The first-order chi connectivity index (χ1) is 8.49. The van der Waals surface area contributed by atoms with Crippen molar-refractivity contribution in [3.8, 4) is 0 Å². The van der Waals surface area contributed by atoms with Crippen LogP contribution in [0, 0.1) is 6.92 Å². The Bertz CT molecular complexity index is 581. The second kappa shape index (κ2) is 5.50. The van der Waals surface area contributed by atoms with Gasteiger partial charge in [0.2, 0.25) is 0 Å². The summed E-state index contributed by atoms with van der Waals surface area (Å²) in [6.45, 7) is 1.95. The molecule has 0 aliphatic rings. The number of rotatable bonds is 2. The molecular weight excluding hydrogens is 291 g/mol. The summed E-state index contributed by atoms with van der Waals surface area (Å²) in [6, 6.07) is 10.6. The molecule has 0 radical (unpaired) electrons. The zero-order chi connectivity index (χ0) is 13.3. The Morgan fingerprint density at radius 3 is 2.22 bits per heavy atom. The van der Waals surface area contributed by atoms with Crippen LogP contribution in [0.15, 0.2) is 36.4 Å². The zero-order valence-corrected chi connectivity index (χ0v) is 11.9. The highest BCUT2D eigenvalue weighted by Gasteiger charge is 2.15. The van der Waals surface area contributed by atoms with E-state index in [0.717, 1.165) is 5.56 Å². The van der Waals surface area contributed by atoms with Crippen LogP contribution in [0.4, 0.5) is 0 Å². The quantitative estimate of drug-likeness (QED) is 0.824. The first kappa shape index (κ1) is 13.7. The fourth-order valence-electron chi connectivity index (χ4n) is 1.72. The van der Waals surface area contributed by atoms with Crippen molar-refractivity contribution in [3.05, 3.63) is 68.2 Å². The van der Waals surface area contributed by atoms with Gasteiger partial charge in [-0.2, -0.15) is 0 Å². The summed E-state index contributed by atoms with van der Waals surface area (Å²) < 4.78 is 0. The molecule has 2 aromatic carbocycles. The van der Waals surface area contributed by atoms with Gasteiger partial charge in [-0.25, -0.2) is 0 Å². The maximum Gasteiger partial charge on any atom is 0.106 e. The second-order valence-corrected chi connectivity index (χ2v) is 5.32. The molecule has 0 bridgehead atoms. The van der Waals surface area contributed by atoms with Crippen molar-refractivity contribution < 1.29 is 5.11 Å². The van der Waals surface area contributed by atoms with Gasteiger partial charge >= 0.3 is 0 Å². The molecule has 94 valence electrons. The van der Waals surface area contributed by atoms with Gasteiger partial charge in [0.25, 0.3) is 0 Å². The smallest absolute Gasteiger partial charge is 0.106 e. The average Bonchev–Trinajstić information content (AvgIpc) is 2.32. The fourth-order valence-corrected chi connectivity index (χ4v) is 2.36. The number of aliphatic hydroxyl groups excluding tert-OH is 1. The maximum atomic E-state index is 10.3. The third-order valence-corrected chi connectivity index (χ3v) is 3.78. The highest BCUT2D eigenvalue weighted by molar-refractivity contribution is 6.42. The SMILES string of the molecule is Cc1ccc(C(O)c2ccc(Cl)c(Cl)c2)c(Cl)c1. The van der Waals surface area contributed by atoms with Gasteiger partial charge in [-0.3, -0.25) is 0 Å². The predicted octanol–water partition coefficient (Wildman–Crippen LogP) is 5.04. The summed E-state index contributed by atoms with van der Waals surface area (Å²) in [4.78, 5) is 0. The van der Waals surface area contributed by atoms with E-state index in [1.54, 1.807) is 18.2 Å². The van der Waals surface area contributed by atoms with Crippen LogP contribution in [0.5, 0.6) is 0 Å². The van der Waals surface area contributed by atoms with Crippen LogP contribution in [-0.4, -0.2) is 5.11 Å². The first-order valence-electron chi connectivity index (χ1n) is 5.38. The topological polar surface area (TPSA) is 20.2 Å². The number of aryl methyl sites for hydroxylation is 1. The van der Waals surface area contributed by atoms with Crippen LogP contribution in [-0.2, 0) is 0 Å². The van der Waals surface area contributed by atoms with Crippen molar-refractivity contribution in [2.75, 3.05) is 0 Å². The van der Waals surface area contributed by atoms with E-state index in [9.17, 15) is 5.11 Å². The Morgan fingerprint density at radius 2 is 1.61 bits per heavy atom. The zero-order valence-electron chi connectivity index (χ0n) is 9.62. The average molecular weight is 302 g/mol. The van der Waals surface area contributed by atoms with E-state index in [2.05, 4.69) is 0 Å². The molecule has 4 heteroatoms. The Kier molecular flexibility index (Phi) is 4.18. The van der Waals surface area contributed by atoms with Crippen LogP contribution in [0.2, 0.25) is 15.1 Å². The molecule has 1 nitrogen and oxygen atoms in total. The first-order valence-corrected chi connectivity index (χ1v) is 6.51. The Labute approximate surface area is 121 Å². The van der Waals surface area contributed by atoms with Gasteiger partial charge < -0.3 is 5.11 Å². The van der Waals surface area contributed by atoms with Crippen LogP contribution < -0.4 is 0 Å². The normalized spacial score (nSPS) is 12.5. The summed E-state index contributed by atoms with van der Waals surface area (Å²) >= 11 is 17.9. The van der Waals surface area contributed by atoms with E-state index < -0.39 is 6.10 Å². The molecule has 0 aliphatic heterocycles. The number of benzene rings is 2. The largest absolute Gasteiger partial charge is 0.384 e. The lowest BCUT2D eigenvalue weighted by atomic mass is 10.0. The molecule has 1 unspecified atom stereocenters. The number of hydrogen-bond donors (Lipinski definition) is 1. The van der Waals surface area contributed by atoms with Crippen molar-refractivity contribution in [1.82, 2.24) is 0 Å². The van der Waals surface area contributed by atoms with Gasteiger partial charge in [0, 0.05) is 10.6 Å². The lowest BCUT2D eigenvalue weighted by molar-refractivity contribution is 0.220. The van der Waals surface area contributed by atoms with Crippen LogP contribution in [0.3, 0.4) is 0 Å². The minimum absolute atomic E-state index is 0.413. The van der Waals surface area contributed by atoms with Crippen molar-refractivity contribution in [2.45, 2.75) is 13.0 Å². The number of halogens is 3. The number of hydrogen-bond acceptors (Lipinski definition) is 1. The summed E-state index contributed by atoms with van der Waals surface area (Å²) in [5, 5.41) is 11.7. The highest BCUT2D eigenvalue weighted by atomic mass is 35.5. The van der Waals surface area contributed by atoms with Gasteiger partial charge in [0.15, 0.2) is 0 Å². The van der Waals surface area contributed by atoms with Gasteiger partial charge in [0.1, 0.15) is 6.10 Å². The van der Waals surface area contributed by atoms with Crippen molar-refractivity contribution in [1.29, 1.82) is 0 Å². The molecule has 2 aromatic rings. The summed E-state index contributed by atoms with van der Waals surface area (Å²) in [5.74, 6) is 0. The summed E-state index contributed by atoms with van der Waals surface area (Å²) in [6.07, 6.45) is -0.812. The van der Waals surface area contributed by atoms with E-state index >= 15 is 0 Å². The molecule has 0 spiro atoms. The molecule has 0 aliphatic carbocycles. The standard InChI is InChI=1S/C14H11Cl3O/c1-8-2-4-10(12(16)6-8)14(18)9-3-5-11(15)13(17)7-9/h2-7,14,18H,1H3. The molecule has 2 rings (SSSR count). The van der Waals surface area contributed by atoms with E-state index in [1.807, 2.05) is 25.1 Å². The molecule has 0 heterocycles. The van der Waals surface area contributed by atoms with Crippen molar-refractivity contribution in [3.63, 3.8) is 0 Å². The molecule has 0 aromatic heterocycles. The predicted molar refractivity (Wildman–Crippen MR) is 76.7 cm³/mol. The second-order valence-electron chi connectivity index (χ2n) is 4.10. The van der Waals surface area contributed by atoms with Gasteiger partial charge in [0.05, 0.1) is 10.0 Å². The Hall–Kier alpha value is -0.730. The molecule has 1 N–H and O–H groups in total. The monoisotopic (exact) mass is 300 g/mol. The molecule has 0 fully saturated rings. The van der Waals surface area contributed by atoms with E-state index in [0.29, 0.717) is 26.2 Å². The molecule has 0 saturated carbocycles. The summed E-state index contributed by atoms with van der Waals surface area (Å²) in [5.41, 5.74) is 2.36. The van der Waals surface area contributed by atoms with Crippen molar-refractivity contribution >= 4 is 34.8 Å². The van der Waals surface area contributed by atoms with Crippen LogP contribution >= 0.6 is 34.8 Å². The third kappa shape index (κ3) is 2.81. The molecular formula is C14H11Cl3O. The Morgan fingerprint density at radius 1 is 0.889 bits per heavy atom. The molecule has 0 amide bonds. The fraction of sp³-hybridized carbons (Fsp3) is 0.143. The van der Waals surface area contributed by atoms with Gasteiger partial charge in [-0.05, 0) is 36.2 Å².